The Labute approximate surface area is 151 Å². The molecule has 3 rings (SSSR count). The zero-order chi connectivity index (χ0) is 18.7. The van der Waals surface area contributed by atoms with Crippen LogP contribution in [0.5, 0.6) is 5.75 Å². The van der Waals surface area contributed by atoms with Crippen molar-refractivity contribution in [3.63, 3.8) is 0 Å². The topological polar surface area (TPSA) is 103 Å². The summed E-state index contributed by atoms with van der Waals surface area (Å²) >= 11 is 0. The van der Waals surface area contributed by atoms with Crippen molar-refractivity contribution in [2.45, 2.75) is 26.0 Å². The van der Waals surface area contributed by atoms with Crippen LogP contribution in [0.3, 0.4) is 0 Å². The smallest absolute Gasteiger partial charge is 0.270 e. The van der Waals surface area contributed by atoms with Crippen molar-refractivity contribution in [2.75, 3.05) is 13.1 Å². The Morgan fingerprint density at radius 3 is 2.77 bits per heavy atom. The van der Waals surface area contributed by atoms with Gasteiger partial charge in [-0.05, 0) is 37.6 Å². The molecule has 0 radical (unpaired) electrons. The molecule has 136 valence electrons. The molecule has 0 unspecified atom stereocenters. The van der Waals surface area contributed by atoms with Crippen LogP contribution >= 0.6 is 0 Å². The first-order valence-electron chi connectivity index (χ1n) is 8.37. The molecule has 26 heavy (non-hydrogen) atoms. The lowest BCUT2D eigenvalue weighted by Crippen LogP contribution is -2.50. The van der Waals surface area contributed by atoms with Gasteiger partial charge >= 0.3 is 0 Å². The molecule has 2 heterocycles. The van der Waals surface area contributed by atoms with E-state index in [0.717, 1.165) is 11.3 Å². The van der Waals surface area contributed by atoms with Gasteiger partial charge < -0.3 is 15.4 Å². The highest BCUT2D eigenvalue weighted by Crippen LogP contribution is 2.21. The fourth-order valence-corrected chi connectivity index (χ4v) is 2.61. The van der Waals surface area contributed by atoms with Gasteiger partial charge in [-0.3, -0.25) is 9.59 Å². The summed E-state index contributed by atoms with van der Waals surface area (Å²) in [7, 11) is 0. The number of benzene rings is 1. The average molecular weight is 355 g/mol. The molecule has 0 aliphatic carbocycles. The van der Waals surface area contributed by atoms with E-state index in [1.165, 1.54) is 6.20 Å². The van der Waals surface area contributed by atoms with Crippen molar-refractivity contribution >= 4 is 17.9 Å². The van der Waals surface area contributed by atoms with Crippen LogP contribution in [0.25, 0.3) is 6.08 Å². The number of rotatable bonds is 6. The van der Waals surface area contributed by atoms with E-state index in [-0.39, 0.29) is 23.7 Å². The fraction of sp³-hybridized carbons (Fsp3) is 0.333. The van der Waals surface area contributed by atoms with E-state index in [9.17, 15) is 9.59 Å². The van der Waals surface area contributed by atoms with Crippen LogP contribution in [-0.4, -0.2) is 50.9 Å². The van der Waals surface area contributed by atoms with E-state index < -0.39 is 5.91 Å². The highest BCUT2D eigenvalue weighted by Gasteiger charge is 2.31. The van der Waals surface area contributed by atoms with Gasteiger partial charge in [0.1, 0.15) is 5.75 Å². The van der Waals surface area contributed by atoms with Crippen LogP contribution in [0.4, 0.5) is 0 Å². The van der Waals surface area contributed by atoms with Gasteiger partial charge in [-0.15, -0.1) is 5.10 Å². The molecule has 1 fully saturated rings. The average Bonchev–Trinajstić information content (AvgIpc) is 3.01. The van der Waals surface area contributed by atoms with Gasteiger partial charge in [0, 0.05) is 19.2 Å². The molecule has 0 bridgehead atoms. The molecule has 8 heteroatoms. The molecule has 2 N–H and O–H groups in total. The Kier molecular flexibility index (Phi) is 5.01. The number of nitrogens with two attached hydrogens (primary N) is 1. The lowest BCUT2D eigenvalue weighted by atomic mass is 10.1. The third kappa shape index (κ3) is 4.08. The van der Waals surface area contributed by atoms with Crippen LogP contribution in [0.1, 0.15) is 35.9 Å². The molecule has 1 aliphatic rings. The van der Waals surface area contributed by atoms with Gasteiger partial charge in [0.25, 0.3) is 5.91 Å². The summed E-state index contributed by atoms with van der Waals surface area (Å²) in [6.07, 6.45) is 4.91. The van der Waals surface area contributed by atoms with Gasteiger partial charge in [-0.25, -0.2) is 4.68 Å². The minimum atomic E-state index is -0.616. The number of hydrogen-bond acceptors (Lipinski definition) is 5. The number of amides is 2. The van der Waals surface area contributed by atoms with E-state index in [1.807, 2.05) is 38.1 Å². The summed E-state index contributed by atoms with van der Waals surface area (Å²) in [4.78, 5) is 25.0. The molecule has 8 nitrogen and oxygen atoms in total. The molecular weight excluding hydrogens is 334 g/mol. The number of primary amides is 1. The van der Waals surface area contributed by atoms with Crippen LogP contribution in [0.2, 0.25) is 0 Å². The molecule has 2 aromatic rings. The van der Waals surface area contributed by atoms with Crippen molar-refractivity contribution < 1.29 is 14.3 Å². The normalized spacial score (nSPS) is 14.7. The standard InChI is InChI=1S/C18H21N5O3/c1-12(2)26-15-5-3-4-13(8-15)6-7-17(24)22-9-14(10-22)23-11-16(18(19)25)20-21-23/h3-8,11-12,14H,9-10H2,1-2H3,(H2,19,25)/b7-6+. The predicted molar refractivity (Wildman–Crippen MR) is 95.4 cm³/mol. The molecule has 1 aromatic heterocycles. The molecule has 0 atom stereocenters. The number of nitrogens with zero attached hydrogens (tertiary/aromatic N) is 4. The fourth-order valence-electron chi connectivity index (χ4n) is 2.61. The molecule has 1 aromatic carbocycles. The SMILES string of the molecule is CC(C)Oc1cccc(/C=C/C(=O)N2CC(n3cc(C(N)=O)nn3)C2)c1. The second-order valence-corrected chi connectivity index (χ2v) is 6.42. The first-order valence-corrected chi connectivity index (χ1v) is 8.37. The minimum absolute atomic E-state index is 0.00993. The Balaban J connectivity index is 1.55. The first kappa shape index (κ1) is 17.7. The number of ether oxygens (including phenoxy) is 1. The van der Waals surface area contributed by atoms with E-state index in [4.69, 9.17) is 10.5 Å². The maximum atomic E-state index is 12.2. The summed E-state index contributed by atoms with van der Waals surface area (Å²) < 4.78 is 7.22. The van der Waals surface area contributed by atoms with Gasteiger partial charge in [-0.1, -0.05) is 17.3 Å². The maximum absolute atomic E-state index is 12.2. The minimum Gasteiger partial charge on any atom is -0.491 e. The maximum Gasteiger partial charge on any atom is 0.270 e. The Hall–Kier alpha value is -3.16. The van der Waals surface area contributed by atoms with E-state index >= 15 is 0 Å². The van der Waals surface area contributed by atoms with Crippen LogP contribution in [0.15, 0.2) is 36.5 Å². The zero-order valence-electron chi connectivity index (χ0n) is 14.7. The van der Waals surface area contributed by atoms with E-state index in [1.54, 1.807) is 21.7 Å². The van der Waals surface area contributed by atoms with Gasteiger partial charge in [0.15, 0.2) is 5.69 Å². The summed E-state index contributed by atoms with van der Waals surface area (Å²) in [6, 6.07) is 7.59. The zero-order valence-corrected chi connectivity index (χ0v) is 14.7. The van der Waals surface area contributed by atoms with Crippen LogP contribution in [-0.2, 0) is 4.79 Å². The number of likely N-dealkylation sites (tertiary alicyclic amines) is 1. The van der Waals surface area contributed by atoms with Crippen molar-refractivity contribution in [3.8, 4) is 5.75 Å². The summed E-state index contributed by atoms with van der Waals surface area (Å²) in [5.41, 5.74) is 6.18. The molecule has 1 saturated heterocycles. The first-order chi connectivity index (χ1) is 12.4. The van der Waals surface area contributed by atoms with Crippen LogP contribution in [0, 0.1) is 0 Å². The lowest BCUT2D eigenvalue weighted by molar-refractivity contribution is -0.131. The number of hydrogen-bond donors (Lipinski definition) is 1. The molecule has 0 saturated carbocycles. The third-order valence-corrected chi connectivity index (χ3v) is 3.96. The van der Waals surface area contributed by atoms with E-state index in [0.29, 0.717) is 13.1 Å². The second kappa shape index (κ2) is 7.38. The molecular formula is C18H21N5O3. The second-order valence-electron chi connectivity index (χ2n) is 6.42. The number of carbonyl (C=O) groups excluding carboxylic acids is 2. The summed E-state index contributed by atoms with van der Waals surface area (Å²) in [5.74, 6) is 0.0804. The lowest BCUT2D eigenvalue weighted by Gasteiger charge is -2.38. The molecule has 2 amide bonds. The highest BCUT2D eigenvalue weighted by molar-refractivity contribution is 5.92. The van der Waals surface area contributed by atoms with E-state index in [2.05, 4.69) is 10.3 Å². The third-order valence-electron chi connectivity index (χ3n) is 3.96. The Bertz CT molecular complexity index is 837. The Morgan fingerprint density at radius 2 is 2.12 bits per heavy atom. The van der Waals surface area contributed by atoms with Crippen molar-refractivity contribution in [1.82, 2.24) is 19.9 Å². The van der Waals surface area contributed by atoms with Crippen molar-refractivity contribution in [3.05, 3.63) is 47.8 Å². The largest absolute Gasteiger partial charge is 0.491 e. The van der Waals surface area contributed by atoms with Crippen molar-refractivity contribution in [1.29, 1.82) is 0 Å². The highest BCUT2D eigenvalue weighted by atomic mass is 16.5. The number of aromatic nitrogens is 3. The summed E-state index contributed by atoms with van der Waals surface area (Å²) in [5, 5.41) is 7.58. The monoisotopic (exact) mass is 355 g/mol. The van der Waals surface area contributed by atoms with Gasteiger partial charge in [0.05, 0.1) is 18.3 Å². The summed E-state index contributed by atoms with van der Waals surface area (Å²) in [6.45, 7) is 4.96. The predicted octanol–water partition coefficient (Wildman–Crippen LogP) is 1.26. The quantitative estimate of drug-likeness (QED) is 0.786. The molecule has 1 aliphatic heterocycles. The molecule has 0 spiro atoms. The number of carbonyl (C=O) groups is 2. The van der Waals surface area contributed by atoms with Gasteiger partial charge in [-0.2, -0.15) is 0 Å². The van der Waals surface area contributed by atoms with Gasteiger partial charge in [0.2, 0.25) is 5.91 Å². The van der Waals surface area contributed by atoms with Crippen LogP contribution < -0.4 is 10.5 Å². The Morgan fingerprint density at radius 1 is 1.35 bits per heavy atom. The van der Waals surface area contributed by atoms with Crippen molar-refractivity contribution in [2.24, 2.45) is 5.73 Å².